The molecule has 0 fully saturated rings. The lowest BCUT2D eigenvalue weighted by atomic mass is 10.1. The highest BCUT2D eigenvalue weighted by atomic mass is 35.5. The van der Waals surface area contributed by atoms with Gasteiger partial charge in [0.2, 0.25) is 12.1 Å². The number of nitrogens with one attached hydrogen (secondary N) is 2. The summed E-state index contributed by atoms with van der Waals surface area (Å²) in [6.45, 7) is 3.63. The van der Waals surface area contributed by atoms with Gasteiger partial charge in [-0.3, -0.25) is 15.0 Å². The number of carbonyl (C=O) groups is 2. The van der Waals surface area contributed by atoms with Crippen molar-refractivity contribution in [3.05, 3.63) is 71.9 Å². The molecule has 0 aliphatic carbocycles. The SMILES string of the molecule is CCOC(C(=O)N(Cl)Cc1ccc(C(=N)N)cc1)n1ccc(-c2cccc(NC(C)=O)c2)n1. The van der Waals surface area contributed by atoms with Gasteiger partial charge in [-0.15, -0.1) is 0 Å². The quantitative estimate of drug-likeness (QED) is 0.251. The number of anilines is 1. The van der Waals surface area contributed by atoms with E-state index in [2.05, 4.69) is 10.4 Å². The fourth-order valence-corrected chi connectivity index (χ4v) is 3.37. The van der Waals surface area contributed by atoms with Crippen molar-refractivity contribution in [2.24, 2.45) is 5.73 Å². The molecule has 9 nitrogen and oxygen atoms in total. The molecule has 3 aromatic rings. The number of benzene rings is 2. The molecule has 0 spiro atoms. The summed E-state index contributed by atoms with van der Waals surface area (Å²) in [5.74, 6) is -0.678. The third kappa shape index (κ3) is 6.18. The fourth-order valence-electron chi connectivity index (χ4n) is 3.15. The molecular weight excluding hydrogens is 444 g/mol. The van der Waals surface area contributed by atoms with E-state index in [1.54, 1.807) is 55.6 Å². The van der Waals surface area contributed by atoms with Crippen molar-refractivity contribution in [2.75, 3.05) is 11.9 Å². The minimum Gasteiger partial charge on any atom is -0.384 e. The zero-order chi connectivity index (χ0) is 24.0. The maximum atomic E-state index is 13.0. The van der Waals surface area contributed by atoms with Crippen molar-refractivity contribution < 1.29 is 14.3 Å². The Morgan fingerprint density at radius 3 is 2.61 bits per heavy atom. The molecule has 0 saturated carbocycles. The van der Waals surface area contributed by atoms with Crippen molar-refractivity contribution in [1.82, 2.24) is 14.2 Å². The van der Waals surface area contributed by atoms with Crippen molar-refractivity contribution >= 4 is 35.1 Å². The highest BCUT2D eigenvalue weighted by Crippen LogP contribution is 2.24. The number of rotatable bonds is 9. The zero-order valence-electron chi connectivity index (χ0n) is 18.3. The molecule has 1 unspecified atom stereocenters. The first-order valence-electron chi connectivity index (χ1n) is 10.2. The van der Waals surface area contributed by atoms with Crippen molar-refractivity contribution in [3.63, 3.8) is 0 Å². The van der Waals surface area contributed by atoms with E-state index in [1.807, 2.05) is 12.1 Å². The molecule has 1 atom stereocenters. The van der Waals surface area contributed by atoms with Gasteiger partial charge in [-0.05, 0) is 30.7 Å². The monoisotopic (exact) mass is 468 g/mol. The summed E-state index contributed by atoms with van der Waals surface area (Å²) in [5, 5.41) is 14.7. The van der Waals surface area contributed by atoms with E-state index in [9.17, 15) is 9.59 Å². The molecule has 0 radical (unpaired) electrons. The fraction of sp³-hybridized carbons (Fsp3) is 0.217. The van der Waals surface area contributed by atoms with Crippen LogP contribution in [0.5, 0.6) is 0 Å². The van der Waals surface area contributed by atoms with Crippen LogP contribution in [0.4, 0.5) is 5.69 Å². The van der Waals surface area contributed by atoms with Crippen LogP contribution in [0, 0.1) is 5.41 Å². The lowest BCUT2D eigenvalue weighted by Gasteiger charge is -2.22. The molecule has 172 valence electrons. The van der Waals surface area contributed by atoms with Gasteiger partial charge in [0.1, 0.15) is 5.84 Å². The lowest BCUT2D eigenvalue weighted by Crippen LogP contribution is -2.33. The minimum absolute atomic E-state index is 0.0335. The number of ether oxygens (including phenoxy) is 1. The van der Waals surface area contributed by atoms with Gasteiger partial charge in [-0.25, -0.2) is 9.10 Å². The second-order valence-electron chi connectivity index (χ2n) is 7.22. The summed E-state index contributed by atoms with van der Waals surface area (Å²) >= 11 is 6.30. The molecule has 0 bridgehead atoms. The highest BCUT2D eigenvalue weighted by molar-refractivity contribution is 6.21. The number of nitrogens with zero attached hydrogens (tertiary/aromatic N) is 3. The average Bonchev–Trinajstić information content (AvgIpc) is 3.27. The van der Waals surface area contributed by atoms with Crippen LogP contribution in [0.3, 0.4) is 0 Å². The van der Waals surface area contributed by atoms with E-state index in [0.29, 0.717) is 16.9 Å². The molecule has 10 heteroatoms. The van der Waals surface area contributed by atoms with E-state index < -0.39 is 12.1 Å². The number of nitrogen functional groups attached to an aromatic ring is 1. The molecule has 1 heterocycles. The molecule has 4 N–H and O–H groups in total. The maximum absolute atomic E-state index is 13.0. The largest absolute Gasteiger partial charge is 0.384 e. The molecule has 33 heavy (non-hydrogen) atoms. The van der Waals surface area contributed by atoms with Crippen LogP contribution in [-0.2, 0) is 20.9 Å². The summed E-state index contributed by atoms with van der Waals surface area (Å²) < 4.78 is 8.11. The second-order valence-corrected chi connectivity index (χ2v) is 7.63. The van der Waals surface area contributed by atoms with E-state index in [4.69, 9.17) is 27.7 Å². The van der Waals surface area contributed by atoms with Crippen LogP contribution in [0.1, 0.15) is 31.2 Å². The Hall–Kier alpha value is -3.69. The van der Waals surface area contributed by atoms with Crippen molar-refractivity contribution in [1.29, 1.82) is 5.41 Å². The Balaban J connectivity index is 1.77. The van der Waals surface area contributed by atoms with Crippen LogP contribution in [0.2, 0.25) is 0 Å². The number of nitrogens with two attached hydrogens (primary N) is 1. The molecule has 0 aliphatic rings. The first-order chi connectivity index (χ1) is 15.8. The first-order valence-corrected chi connectivity index (χ1v) is 10.6. The standard InChI is InChI=1S/C23H25ClN6O3/c1-3-33-23(22(32)29(24)14-16-7-9-17(10-8-16)21(25)26)30-12-11-20(28-30)18-5-4-6-19(13-18)27-15(2)31/h4-13,23H,3,14H2,1-2H3,(H3,25,26)(H,27,31). The molecule has 2 amide bonds. The topological polar surface area (TPSA) is 126 Å². The van der Waals surface area contributed by atoms with Gasteiger partial charge in [0.05, 0.1) is 12.2 Å². The van der Waals surface area contributed by atoms with Crippen LogP contribution >= 0.6 is 11.8 Å². The Morgan fingerprint density at radius 1 is 1.24 bits per heavy atom. The Labute approximate surface area is 196 Å². The molecule has 1 aromatic heterocycles. The molecular formula is C23H25ClN6O3. The zero-order valence-corrected chi connectivity index (χ0v) is 19.0. The number of aromatic nitrogens is 2. The predicted octanol–water partition coefficient (Wildman–Crippen LogP) is 3.51. The van der Waals surface area contributed by atoms with Gasteiger partial charge >= 0.3 is 0 Å². The van der Waals surface area contributed by atoms with Crippen LogP contribution in [0.15, 0.2) is 60.8 Å². The average molecular weight is 469 g/mol. The van der Waals surface area contributed by atoms with E-state index in [-0.39, 0.29) is 24.9 Å². The summed E-state index contributed by atoms with van der Waals surface area (Å²) in [6.07, 6.45) is 0.599. The normalized spacial score (nSPS) is 11.6. The number of amides is 2. The highest BCUT2D eigenvalue weighted by Gasteiger charge is 2.27. The van der Waals surface area contributed by atoms with Gasteiger partial charge < -0.3 is 15.8 Å². The third-order valence-electron chi connectivity index (χ3n) is 4.69. The lowest BCUT2D eigenvalue weighted by molar-refractivity contribution is -0.146. The number of halogens is 1. The number of amidine groups is 1. The van der Waals surface area contributed by atoms with Crippen LogP contribution in [-0.4, -0.2) is 38.5 Å². The molecule has 0 saturated heterocycles. The number of hydrogen-bond donors (Lipinski definition) is 3. The Kier molecular flexibility index (Phi) is 7.81. The van der Waals surface area contributed by atoms with Crippen molar-refractivity contribution in [2.45, 2.75) is 26.6 Å². The van der Waals surface area contributed by atoms with Crippen LogP contribution in [0.25, 0.3) is 11.3 Å². The maximum Gasteiger partial charge on any atom is 0.289 e. The summed E-state index contributed by atoms with van der Waals surface area (Å²) in [7, 11) is 0. The van der Waals surface area contributed by atoms with Gasteiger partial charge in [-0.2, -0.15) is 5.10 Å². The smallest absolute Gasteiger partial charge is 0.289 e. The van der Waals surface area contributed by atoms with E-state index >= 15 is 0 Å². The van der Waals surface area contributed by atoms with Gasteiger partial charge in [0.15, 0.2) is 0 Å². The van der Waals surface area contributed by atoms with E-state index in [0.717, 1.165) is 15.5 Å². The van der Waals surface area contributed by atoms with Gasteiger partial charge in [0, 0.05) is 48.3 Å². The third-order valence-corrected chi connectivity index (χ3v) is 4.97. The van der Waals surface area contributed by atoms with Crippen LogP contribution < -0.4 is 11.1 Å². The Morgan fingerprint density at radius 2 is 1.97 bits per heavy atom. The summed E-state index contributed by atoms with van der Waals surface area (Å²) in [6, 6.07) is 15.9. The predicted molar refractivity (Wildman–Crippen MR) is 126 cm³/mol. The molecule has 2 aromatic carbocycles. The van der Waals surface area contributed by atoms with Crippen molar-refractivity contribution in [3.8, 4) is 11.3 Å². The molecule has 0 aliphatic heterocycles. The van der Waals surface area contributed by atoms with Gasteiger partial charge in [0.25, 0.3) is 5.91 Å². The minimum atomic E-state index is -1.05. The first kappa shape index (κ1) is 24.0. The Bertz CT molecular complexity index is 1150. The summed E-state index contributed by atoms with van der Waals surface area (Å²) in [5.41, 5.74) is 8.87. The van der Waals surface area contributed by atoms with Gasteiger partial charge in [-0.1, -0.05) is 36.4 Å². The molecule has 3 rings (SSSR count). The summed E-state index contributed by atoms with van der Waals surface area (Å²) in [4.78, 5) is 24.4. The second kappa shape index (κ2) is 10.8. The number of hydrogen-bond acceptors (Lipinski definition) is 5. The number of carbonyl (C=O) groups excluding carboxylic acids is 2. The van der Waals surface area contributed by atoms with E-state index in [1.165, 1.54) is 11.6 Å².